The van der Waals surface area contributed by atoms with E-state index in [1.165, 1.54) is 18.4 Å². The van der Waals surface area contributed by atoms with Crippen molar-refractivity contribution in [1.29, 1.82) is 0 Å². The molecule has 0 atom stereocenters. The van der Waals surface area contributed by atoms with Crippen molar-refractivity contribution in [3.8, 4) is 0 Å². The molecule has 3 aliphatic heterocycles. The Morgan fingerprint density at radius 2 is 1.78 bits per heavy atom. The van der Waals surface area contributed by atoms with E-state index >= 15 is 0 Å². The number of para-hydroxylation sites is 1. The molecule has 2 amide bonds. The number of carbonyl (C=O) groups excluding carboxylic acids is 1. The highest BCUT2D eigenvalue weighted by Crippen LogP contribution is 2.47. The highest BCUT2D eigenvalue weighted by atomic mass is 16.2. The Bertz CT molecular complexity index is 976. The van der Waals surface area contributed by atoms with E-state index in [4.69, 9.17) is 0 Å². The Balaban J connectivity index is 1.23. The van der Waals surface area contributed by atoms with Crippen molar-refractivity contribution in [2.45, 2.75) is 44.1 Å². The summed E-state index contributed by atoms with van der Waals surface area (Å²) >= 11 is 0. The minimum Gasteiger partial charge on any atom is -0.355 e. The van der Waals surface area contributed by atoms with Gasteiger partial charge in [-0.25, -0.2) is 9.78 Å². The number of likely N-dealkylation sites (tertiary alicyclic amines) is 1. The van der Waals surface area contributed by atoms with Crippen LogP contribution in [0.3, 0.4) is 0 Å². The third-order valence-corrected chi connectivity index (χ3v) is 7.64. The molecule has 0 saturated carbocycles. The van der Waals surface area contributed by atoms with Crippen LogP contribution in [-0.2, 0) is 5.41 Å². The molecule has 0 radical (unpaired) electrons. The highest BCUT2D eigenvalue weighted by Gasteiger charge is 2.47. The molecule has 2 fully saturated rings. The largest absolute Gasteiger partial charge is 0.355 e. The molecule has 32 heavy (non-hydrogen) atoms. The van der Waals surface area contributed by atoms with Crippen LogP contribution < -0.4 is 9.80 Å². The fourth-order valence-corrected chi connectivity index (χ4v) is 5.85. The Hall–Kier alpha value is -2.67. The predicted molar refractivity (Wildman–Crippen MR) is 127 cm³/mol. The third-order valence-electron chi connectivity index (χ3n) is 7.64. The van der Waals surface area contributed by atoms with Gasteiger partial charge in [0.2, 0.25) is 0 Å². The van der Waals surface area contributed by atoms with Gasteiger partial charge in [0.25, 0.3) is 0 Å². The van der Waals surface area contributed by atoms with E-state index < -0.39 is 0 Å². The lowest BCUT2D eigenvalue weighted by Gasteiger charge is -2.45. The molecular formula is C25H34N6O. The average molecular weight is 435 g/mol. The summed E-state index contributed by atoms with van der Waals surface area (Å²) in [5, 5.41) is 0. The van der Waals surface area contributed by atoms with Gasteiger partial charge in [0.15, 0.2) is 0 Å². The van der Waals surface area contributed by atoms with Gasteiger partial charge in [-0.05, 0) is 57.3 Å². The number of rotatable bonds is 2. The van der Waals surface area contributed by atoms with Crippen molar-refractivity contribution >= 4 is 17.5 Å². The van der Waals surface area contributed by atoms with Crippen molar-refractivity contribution in [2.24, 2.45) is 0 Å². The zero-order valence-corrected chi connectivity index (χ0v) is 19.5. The van der Waals surface area contributed by atoms with Crippen LogP contribution in [0.1, 0.15) is 36.9 Å². The Kier molecular flexibility index (Phi) is 5.53. The zero-order chi connectivity index (χ0) is 22.3. The van der Waals surface area contributed by atoms with Crippen LogP contribution in [0.25, 0.3) is 0 Å². The third kappa shape index (κ3) is 3.72. The van der Waals surface area contributed by atoms with Crippen LogP contribution in [-0.4, -0.2) is 78.7 Å². The van der Waals surface area contributed by atoms with Gasteiger partial charge < -0.3 is 14.7 Å². The van der Waals surface area contributed by atoms with Crippen molar-refractivity contribution in [3.05, 3.63) is 47.9 Å². The van der Waals surface area contributed by atoms with Gasteiger partial charge in [-0.3, -0.25) is 9.88 Å². The van der Waals surface area contributed by atoms with Crippen molar-refractivity contribution in [3.63, 3.8) is 0 Å². The molecule has 2 aromatic rings. The van der Waals surface area contributed by atoms with Gasteiger partial charge in [-0.15, -0.1) is 0 Å². The number of aryl methyl sites for hydroxylation is 1. The summed E-state index contributed by atoms with van der Waals surface area (Å²) < 4.78 is 0. The molecule has 5 rings (SSSR count). The topological polar surface area (TPSA) is 55.8 Å². The number of urea groups is 1. The van der Waals surface area contributed by atoms with Crippen LogP contribution in [0.15, 0.2) is 36.7 Å². The molecule has 7 nitrogen and oxygen atoms in total. The minimum atomic E-state index is 0.0865. The molecule has 2 saturated heterocycles. The van der Waals surface area contributed by atoms with E-state index in [9.17, 15) is 4.79 Å². The maximum Gasteiger partial charge on any atom is 0.323 e. The highest BCUT2D eigenvalue weighted by molar-refractivity contribution is 5.95. The molecule has 0 bridgehead atoms. The van der Waals surface area contributed by atoms with Gasteiger partial charge in [0.05, 0.1) is 11.9 Å². The summed E-state index contributed by atoms with van der Waals surface area (Å²) in [6.45, 7) is 7.10. The summed E-state index contributed by atoms with van der Waals surface area (Å²) in [6.07, 6.45) is 8.27. The molecular weight excluding hydrogens is 400 g/mol. The lowest BCUT2D eigenvalue weighted by molar-refractivity contribution is 0.104. The van der Waals surface area contributed by atoms with Crippen LogP contribution in [0.5, 0.6) is 0 Å². The number of hydrogen-bond donors (Lipinski definition) is 0. The van der Waals surface area contributed by atoms with Crippen molar-refractivity contribution in [1.82, 2.24) is 19.8 Å². The monoisotopic (exact) mass is 434 g/mol. The van der Waals surface area contributed by atoms with E-state index in [-0.39, 0.29) is 11.4 Å². The van der Waals surface area contributed by atoms with Crippen LogP contribution in [0, 0.1) is 6.92 Å². The maximum atomic E-state index is 12.8. The molecule has 170 valence electrons. The number of fused-ring (bicyclic) bond motifs is 2. The molecule has 7 heteroatoms. The summed E-state index contributed by atoms with van der Waals surface area (Å²) in [5.74, 6) is 1.01. The number of nitrogens with zero attached hydrogens (tertiary/aromatic N) is 6. The Labute approximate surface area is 191 Å². The first kappa shape index (κ1) is 21.2. The first-order valence-electron chi connectivity index (χ1n) is 11.8. The van der Waals surface area contributed by atoms with Crippen molar-refractivity contribution in [2.75, 3.05) is 56.6 Å². The first-order valence-corrected chi connectivity index (χ1v) is 11.8. The number of piperidine rings is 2. The Morgan fingerprint density at radius 1 is 1.06 bits per heavy atom. The predicted octanol–water partition coefficient (Wildman–Crippen LogP) is 3.29. The maximum absolute atomic E-state index is 12.8. The van der Waals surface area contributed by atoms with E-state index in [1.54, 1.807) is 4.90 Å². The van der Waals surface area contributed by atoms with E-state index in [1.807, 2.05) is 38.3 Å². The smallest absolute Gasteiger partial charge is 0.323 e. The SMILES string of the molecule is Cc1cncc(N2CCC(N3CCC4(CC3)CN(C(=O)N(C)C)c3ccccc34)CC2)n1. The molecule has 1 spiro atoms. The summed E-state index contributed by atoms with van der Waals surface area (Å²) in [4.78, 5) is 30.6. The van der Waals surface area contributed by atoms with Gasteiger partial charge in [0, 0.05) is 57.1 Å². The first-order chi connectivity index (χ1) is 15.5. The lowest BCUT2D eigenvalue weighted by atomic mass is 9.74. The number of benzene rings is 1. The molecule has 0 aliphatic carbocycles. The summed E-state index contributed by atoms with van der Waals surface area (Å²) in [7, 11) is 3.68. The van der Waals surface area contributed by atoms with Gasteiger partial charge in [-0.1, -0.05) is 18.2 Å². The molecule has 0 unspecified atom stereocenters. The summed E-state index contributed by atoms with van der Waals surface area (Å²) in [5.41, 5.74) is 3.54. The number of carbonyl (C=O) groups is 1. The zero-order valence-electron chi connectivity index (χ0n) is 19.5. The number of amides is 2. The van der Waals surface area contributed by atoms with Crippen LogP contribution in [0.4, 0.5) is 16.3 Å². The van der Waals surface area contributed by atoms with Crippen molar-refractivity contribution < 1.29 is 4.79 Å². The van der Waals surface area contributed by atoms with E-state index in [0.717, 1.165) is 62.8 Å². The number of hydrogen-bond acceptors (Lipinski definition) is 5. The summed E-state index contributed by atoms with van der Waals surface area (Å²) in [6, 6.07) is 9.26. The van der Waals surface area contributed by atoms with Gasteiger partial charge in [0.1, 0.15) is 5.82 Å². The van der Waals surface area contributed by atoms with Crippen LogP contribution >= 0.6 is 0 Å². The fourth-order valence-electron chi connectivity index (χ4n) is 5.85. The lowest BCUT2D eigenvalue weighted by Crippen LogP contribution is -2.52. The van der Waals surface area contributed by atoms with E-state index in [2.05, 4.69) is 44.0 Å². The normalized spacial score (nSPS) is 21.1. The second kappa shape index (κ2) is 8.35. The molecule has 3 aliphatic rings. The second-order valence-electron chi connectivity index (χ2n) is 9.83. The fraction of sp³-hybridized carbons (Fsp3) is 0.560. The quantitative estimate of drug-likeness (QED) is 0.726. The van der Waals surface area contributed by atoms with Crippen LogP contribution in [0.2, 0.25) is 0 Å². The molecule has 1 aromatic carbocycles. The average Bonchev–Trinajstić information content (AvgIpc) is 3.13. The standard InChI is InChI=1S/C25H34N6O/c1-19-16-26-17-23(27-19)30-12-8-20(9-13-30)29-14-10-25(11-15-29)18-31(24(32)28(2)3)22-7-5-4-6-21(22)25/h4-7,16-17,20H,8-15,18H2,1-3H3. The molecule has 4 heterocycles. The second-order valence-corrected chi connectivity index (χ2v) is 9.83. The number of anilines is 2. The molecule has 1 aromatic heterocycles. The number of aromatic nitrogens is 2. The minimum absolute atomic E-state index is 0.0865. The molecule has 0 N–H and O–H groups in total. The van der Waals surface area contributed by atoms with Gasteiger partial charge in [-0.2, -0.15) is 0 Å². The van der Waals surface area contributed by atoms with E-state index in [0.29, 0.717) is 6.04 Å². The Morgan fingerprint density at radius 3 is 2.47 bits per heavy atom. The van der Waals surface area contributed by atoms with Gasteiger partial charge >= 0.3 is 6.03 Å².